The molecule has 3 atom stereocenters. The standard InChI is InChI=1S/C21H23ClN5O5S2/c22-16-5-25-12-27(8-16)7-14-4-20(33-10-14)21(29)17-6-24-11-26-18(17)2-13-1-15(19(28)3-13)9-32-34(23,30)31/h4-6,8,10-13,15,19,28H,1-3,7,9H2,(H2,23,30,31)/q+1/t13-,15+,19-/m0/s1. The fourth-order valence-corrected chi connectivity index (χ4v) is 5.55. The van der Waals surface area contributed by atoms with Crippen LogP contribution in [0.2, 0.25) is 5.02 Å². The minimum Gasteiger partial charge on any atom is -0.393 e. The molecule has 10 nitrogen and oxygen atoms in total. The Labute approximate surface area is 205 Å². The molecule has 3 N–H and O–H groups in total. The summed E-state index contributed by atoms with van der Waals surface area (Å²) in [5, 5.41) is 17.6. The van der Waals surface area contributed by atoms with Gasteiger partial charge in [-0.15, -0.1) is 11.3 Å². The zero-order chi connectivity index (χ0) is 24.3. The molecule has 0 amide bonds. The summed E-state index contributed by atoms with van der Waals surface area (Å²) in [6, 6.07) is 1.83. The molecule has 0 spiro atoms. The Kier molecular flexibility index (Phi) is 7.65. The van der Waals surface area contributed by atoms with Crippen molar-refractivity contribution in [3.8, 4) is 0 Å². The molecule has 3 heterocycles. The van der Waals surface area contributed by atoms with Crippen LogP contribution in [0.3, 0.4) is 0 Å². The SMILES string of the molecule is NS(=O)(=O)OC[C@H]1C[C@@H](Cc2ncncc2C(=O)c2cc(C[n+]3cncc(Cl)c3)cs2)C[C@@H]1O. The van der Waals surface area contributed by atoms with Gasteiger partial charge in [-0.3, -0.25) is 8.98 Å². The van der Waals surface area contributed by atoms with Gasteiger partial charge < -0.3 is 5.11 Å². The average molecular weight is 525 g/mol. The van der Waals surface area contributed by atoms with Crippen LogP contribution in [-0.4, -0.2) is 47.0 Å². The zero-order valence-electron chi connectivity index (χ0n) is 17.9. The molecule has 0 saturated heterocycles. The van der Waals surface area contributed by atoms with Gasteiger partial charge in [0.15, 0.2) is 6.20 Å². The molecule has 0 unspecified atom stereocenters. The number of rotatable bonds is 9. The van der Waals surface area contributed by atoms with Gasteiger partial charge in [0.25, 0.3) is 6.33 Å². The highest BCUT2D eigenvalue weighted by Crippen LogP contribution is 2.34. The smallest absolute Gasteiger partial charge is 0.333 e. The van der Waals surface area contributed by atoms with E-state index in [9.17, 15) is 18.3 Å². The number of hydrogen-bond acceptors (Lipinski definition) is 9. The monoisotopic (exact) mass is 524 g/mol. The van der Waals surface area contributed by atoms with Crippen molar-refractivity contribution in [3.63, 3.8) is 0 Å². The van der Waals surface area contributed by atoms with Gasteiger partial charge in [0.1, 0.15) is 24.1 Å². The molecule has 3 aromatic rings. The Morgan fingerprint density at radius 1 is 1.32 bits per heavy atom. The lowest BCUT2D eigenvalue weighted by Crippen LogP contribution is -2.33. The van der Waals surface area contributed by atoms with Crippen molar-refractivity contribution in [2.75, 3.05) is 6.61 Å². The lowest BCUT2D eigenvalue weighted by atomic mass is 9.96. The van der Waals surface area contributed by atoms with Crippen LogP contribution in [0.4, 0.5) is 0 Å². The summed E-state index contributed by atoms with van der Waals surface area (Å²) in [5.41, 5.74) is 1.94. The minimum absolute atomic E-state index is 0.0103. The molecule has 180 valence electrons. The highest BCUT2D eigenvalue weighted by molar-refractivity contribution is 7.84. The molecule has 3 aromatic heterocycles. The molecule has 0 aromatic carbocycles. The largest absolute Gasteiger partial charge is 0.393 e. The second-order valence-electron chi connectivity index (χ2n) is 8.26. The summed E-state index contributed by atoms with van der Waals surface area (Å²) in [4.78, 5) is 26.2. The summed E-state index contributed by atoms with van der Waals surface area (Å²) in [6.07, 6.45) is 8.58. The second-order valence-corrected chi connectivity index (χ2v) is 10.8. The van der Waals surface area contributed by atoms with Crippen LogP contribution in [0.5, 0.6) is 0 Å². The third-order valence-electron chi connectivity index (χ3n) is 5.67. The first kappa shape index (κ1) is 24.8. The molecule has 4 rings (SSSR count). The lowest BCUT2D eigenvalue weighted by molar-refractivity contribution is -0.691. The fraction of sp³-hybridized carbons (Fsp3) is 0.381. The number of nitrogens with zero attached hydrogens (tertiary/aromatic N) is 4. The first-order valence-electron chi connectivity index (χ1n) is 10.4. The number of aromatic nitrogens is 4. The number of halogens is 1. The Hall–Kier alpha value is -2.35. The molecule has 1 aliphatic carbocycles. The summed E-state index contributed by atoms with van der Waals surface area (Å²) < 4.78 is 28.6. The number of hydrogen-bond donors (Lipinski definition) is 2. The predicted molar refractivity (Wildman–Crippen MR) is 123 cm³/mol. The number of nitrogens with two attached hydrogens (primary N) is 1. The molecule has 13 heteroatoms. The Morgan fingerprint density at radius 2 is 2.15 bits per heavy atom. The van der Waals surface area contributed by atoms with Gasteiger partial charge in [0.2, 0.25) is 5.78 Å². The van der Waals surface area contributed by atoms with E-state index in [1.807, 2.05) is 16.0 Å². The van der Waals surface area contributed by atoms with E-state index in [4.69, 9.17) is 16.7 Å². The Morgan fingerprint density at radius 3 is 2.91 bits per heavy atom. The topological polar surface area (TPSA) is 149 Å². The predicted octanol–water partition coefficient (Wildman–Crippen LogP) is 1.30. The van der Waals surface area contributed by atoms with E-state index >= 15 is 0 Å². The summed E-state index contributed by atoms with van der Waals surface area (Å²) in [7, 11) is -4.07. The van der Waals surface area contributed by atoms with Crippen molar-refractivity contribution in [1.82, 2.24) is 15.0 Å². The van der Waals surface area contributed by atoms with Gasteiger partial charge in [-0.2, -0.15) is 8.42 Å². The maximum absolute atomic E-state index is 13.2. The first-order valence-corrected chi connectivity index (χ1v) is 13.2. The van der Waals surface area contributed by atoms with Crippen molar-refractivity contribution >= 4 is 39.0 Å². The molecule has 34 heavy (non-hydrogen) atoms. The van der Waals surface area contributed by atoms with Gasteiger partial charge in [-0.05, 0) is 36.6 Å². The van der Waals surface area contributed by atoms with Gasteiger partial charge in [0.05, 0.1) is 28.8 Å². The van der Waals surface area contributed by atoms with Gasteiger partial charge in [-0.25, -0.2) is 19.7 Å². The number of aliphatic hydroxyl groups excluding tert-OH is 1. The van der Waals surface area contributed by atoms with Gasteiger partial charge in [0, 0.05) is 17.7 Å². The van der Waals surface area contributed by atoms with Crippen LogP contribution in [0, 0.1) is 11.8 Å². The minimum atomic E-state index is -4.07. The molecule has 0 radical (unpaired) electrons. The van der Waals surface area contributed by atoms with Crippen LogP contribution in [-0.2, 0) is 27.5 Å². The van der Waals surface area contributed by atoms with Crippen LogP contribution >= 0.6 is 22.9 Å². The number of aliphatic hydroxyl groups is 1. The molecule has 0 bridgehead atoms. The Bertz CT molecular complexity index is 1290. The quantitative estimate of drug-likeness (QED) is 0.314. The second kappa shape index (κ2) is 10.5. The number of thiophene rings is 1. The van der Waals surface area contributed by atoms with Crippen LogP contribution in [0.1, 0.15) is 39.3 Å². The summed E-state index contributed by atoms with van der Waals surface area (Å²) in [5.74, 6) is -0.521. The van der Waals surface area contributed by atoms with E-state index in [1.165, 1.54) is 23.9 Å². The number of carbonyl (C=O) groups excluding carboxylic acids is 1. The van der Waals surface area contributed by atoms with E-state index in [2.05, 4.69) is 19.1 Å². The van der Waals surface area contributed by atoms with E-state index < -0.39 is 16.4 Å². The highest BCUT2D eigenvalue weighted by Gasteiger charge is 2.35. The van der Waals surface area contributed by atoms with Crippen molar-refractivity contribution in [2.24, 2.45) is 17.0 Å². The van der Waals surface area contributed by atoms with Gasteiger partial charge >= 0.3 is 10.3 Å². The molecule has 1 saturated carbocycles. The normalized spacial score (nSPS) is 20.5. The zero-order valence-corrected chi connectivity index (χ0v) is 20.3. The van der Waals surface area contributed by atoms with Crippen LogP contribution in [0.15, 0.2) is 42.7 Å². The lowest BCUT2D eigenvalue weighted by Gasteiger charge is -2.13. The molecule has 1 fully saturated rings. The fourth-order valence-electron chi connectivity index (χ4n) is 4.15. The third-order valence-corrected chi connectivity index (χ3v) is 7.31. The molecule has 1 aliphatic rings. The van der Waals surface area contributed by atoms with E-state index in [1.54, 1.807) is 18.7 Å². The van der Waals surface area contributed by atoms with Crippen LogP contribution in [0.25, 0.3) is 0 Å². The summed E-state index contributed by atoms with van der Waals surface area (Å²) >= 11 is 7.33. The van der Waals surface area contributed by atoms with E-state index in [0.717, 1.165) is 5.56 Å². The van der Waals surface area contributed by atoms with Crippen LogP contribution < -0.4 is 9.71 Å². The first-order chi connectivity index (χ1) is 16.2. The highest BCUT2D eigenvalue weighted by atomic mass is 35.5. The van der Waals surface area contributed by atoms with E-state index in [-0.39, 0.29) is 24.2 Å². The third kappa shape index (κ3) is 6.40. The van der Waals surface area contributed by atoms with Crippen molar-refractivity contribution in [1.29, 1.82) is 0 Å². The average Bonchev–Trinajstić information content (AvgIpc) is 3.38. The Balaban J connectivity index is 1.44. The molecule has 0 aliphatic heterocycles. The summed E-state index contributed by atoms with van der Waals surface area (Å²) in [6.45, 7) is 0.349. The van der Waals surface area contributed by atoms with Crippen molar-refractivity contribution in [2.45, 2.75) is 31.9 Å². The van der Waals surface area contributed by atoms with Gasteiger partial charge in [-0.1, -0.05) is 16.6 Å². The molecular weight excluding hydrogens is 502 g/mol. The number of carbonyl (C=O) groups is 1. The van der Waals surface area contributed by atoms with E-state index in [0.29, 0.717) is 47.0 Å². The maximum Gasteiger partial charge on any atom is 0.333 e. The number of ketones is 1. The molecular formula is C21H23ClN5O5S2+. The maximum atomic E-state index is 13.2. The van der Waals surface area contributed by atoms with Crippen molar-refractivity contribution < 1.29 is 27.1 Å². The van der Waals surface area contributed by atoms with Crippen molar-refractivity contribution in [3.05, 3.63) is 69.4 Å².